The van der Waals surface area contributed by atoms with Gasteiger partial charge < -0.3 is 10.4 Å². The van der Waals surface area contributed by atoms with E-state index in [2.05, 4.69) is 11.9 Å². The Kier molecular flexibility index (Phi) is 3.88. The number of nitrogens with one attached hydrogen (secondary N) is 1. The number of amides is 1. The lowest BCUT2D eigenvalue weighted by Gasteiger charge is -2.39. The Morgan fingerprint density at radius 2 is 2.13 bits per heavy atom. The van der Waals surface area contributed by atoms with E-state index in [-0.39, 0.29) is 24.3 Å². The van der Waals surface area contributed by atoms with Gasteiger partial charge >= 0.3 is 5.97 Å². The molecule has 0 aromatic rings. The van der Waals surface area contributed by atoms with E-state index in [4.69, 9.17) is 5.11 Å². The molecule has 0 aromatic carbocycles. The molecule has 0 bridgehead atoms. The Bertz CT molecular complexity index is 269. The van der Waals surface area contributed by atoms with Gasteiger partial charge in [0.25, 0.3) is 0 Å². The van der Waals surface area contributed by atoms with Crippen molar-refractivity contribution in [2.75, 3.05) is 6.54 Å². The molecule has 1 amide bonds. The van der Waals surface area contributed by atoms with Gasteiger partial charge in [0.15, 0.2) is 0 Å². The van der Waals surface area contributed by atoms with E-state index in [0.717, 1.165) is 19.3 Å². The standard InChI is InChI=1S/C11H17NO3/c1-2-5-11(6-3-7-11)10(15)12-8-4-9(13)14/h2H,1,3-8H2,(H,12,15)(H,13,14). The van der Waals surface area contributed by atoms with Crippen molar-refractivity contribution in [1.82, 2.24) is 5.32 Å². The summed E-state index contributed by atoms with van der Waals surface area (Å²) in [5.74, 6) is -0.906. The van der Waals surface area contributed by atoms with Crippen molar-refractivity contribution in [2.45, 2.75) is 32.1 Å². The van der Waals surface area contributed by atoms with Crippen molar-refractivity contribution >= 4 is 11.9 Å². The van der Waals surface area contributed by atoms with Gasteiger partial charge in [-0.05, 0) is 19.3 Å². The minimum absolute atomic E-state index is 0.0179. The molecule has 1 aliphatic carbocycles. The lowest BCUT2D eigenvalue weighted by molar-refractivity contribution is -0.138. The van der Waals surface area contributed by atoms with E-state index in [1.165, 1.54) is 0 Å². The van der Waals surface area contributed by atoms with Crippen LogP contribution in [-0.4, -0.2) is 23.5 Å². The minimum atomic E-state index is -0.887. The topological polar surface area (TPSA) is 66.4 Å². The first-order valence-corrected chi connectivity index (χ1v) is 5.22. The molecule has 0 aliphatic heterocycles. The van der Waals surface area contributed by atoms with Gasteiger partial charge in [-0.1, -0.05) is 12.5 Å². The van der Waals surface area contributed by atoms with Crippen molar-refractivity contribution < 1.29 is 14.7 Å². The second-order valence-corrected chi connectivity index (χ2v) is 4.03. The minimum Gasteiger partial charge on any atom is -0.481 e. The summed E-state index contributed by atoms with van der Waals surface area (Å²) in [7, 11) is 0. The van der Waals surface area contributed by atoms with E-state index < -0.39 is 5.97 Å². The summed E-state index contributed by atoms with van der Waals surface area (Å²) < 4.78 is 0. The summed E-state index contributed by atoms with van der Waals surface area (Å²) in [6.45, 7) is 3.86. The fourth-order valence-electron chi connectivity index (χ4n) is 1.87. The van der Waals surface area contributed by atoms with E-state index >= 15 is 0 Å². The highest BCUT2D eigenvalue weighted by Crippen LogP contribution is 2.44. The number of allylic oxidation sites excluding steroid dienone is 1. The van der Waals surface area contributed by atoms with Crippen LogP contribution in [0.4, 0.5) is 0 Å². The number of aliphatic carboxylic acids is 1. The van der Waals surface area contributed by atoms with Crippen LogP contribution >= 0.6 is 0 Å². The third-order valence-electron chi connectivity index (χ3n) is 2.95. The second-order valence-electron chi connectivity index (χ2n) is 4.03. The van der Waals surface area contributed by atoms with Gasteiger partial charge in [0.05, 0.1) is 11.8 Å². The van der Waals surface area contributed by atoms with Crippen LogP contribution in [0.2, 0.25) is 0 Å². The zero-order chi connectivity index (χ0) is 11.3. The quantitative estimate of drug-likeness (QED) is 0.651. The van der Waals surface area contributed by atoms with Crippen LogP contribution in [0.25, 0.3) is 0 Å². The zero-order valence-electron chi connectivity index (χ0n) is 8.79. The molecule has 0 spiro atoms. The van der Waals surface area contributed by atoms with Gasteiger partial charge in [-0.15, -0.1) is 6.58 Å². The van der Waals surface area contributed by atoms with Crippen molar-refractivity contribution in [3.63, 3.8) is 0 Å². The molecule has 0 aromatic heterocycles. The Hall–Kier alpha value is -1.32. The van der Waals surface area contributed by atoms with Gasteiger partial charge in [0, 0.05) is 6.54 Å². The number of hydrogen-bond donors (Lipinski definition) is 2. The normalized spacial score (nSPS) is 17.6. The zero-order valence-corrected chi connectivity index (χ0v) is 8.79. The molecule has 84 valence electrons. The molecule has 0 unspecified atom stereocenters. The van der Waals surface area contributed by atoms with Gasteiger partial charge in [-0.3, -0.25) is 9.59 Å². The second kappa shape index (κ2) is 4.96. The summed E-state index contributed by atoms with van der Waals surface area (Å²) in [6.07, 6.45) is 5.27. The molecule has 0 heterocycles. The molecule has 1 rings (SSSR count). The maximum Gasteiger partial charge on any atom is 0.305 e. The van der Waals surface area contributed by atoms with Gasteiger partial charge in [-0.25, -0.2) is 0 Å². The largest absolute Gasteiger partial charge is 0.481 e. The SMILES string of the molecule is C=CCC1(C(=O)NCCC(=O)O)CCC1. The molecule has 1 saturated carbocycles. The lowest BCUT2D eigenvalue weighted by Crippen LogP contribution is -2.45. The highest BCUT2D eigenvalue weighted by Gasteiger charge is 2.42. The van der Waals surface area contributed by atoms with Crippen LogP contribution in [0.5, 0.6) is 0 Å². The first kappa shape index (κ1) is 11.8. The Morgan fingerprint density at radius 1 is 1.47 bits per heavy atom. The number of carbonyl (C=O) groups excluding carboxylic acids is 1. The monoisotopic (exact) mass is 211 g/mol. The van der Waals surface area contributed by atoms with Gasteiger partial charge in [0.1, 0.15) is 0 Å². The Labute approximate surface area is 89.4 Å². The number of carboxylic acid groups (broad SMARTS) is 1. The third-order valence-corrected chi connectivity index (χ3v) is 2.95. The average Bonchev–Trinajstić information content (AvgIpc) is 2.10. The molecule has 0 saturated heterocycles. The van der Waals surface area contributed by atoms with Crippen molar-refractivity contribution in [3.05, 3.63) is 12.7 Å². The van der Waals surface area contributed by atoms with Crippen LogP contribution in [-0.2, 0) is 9.59 Å². The summed E-state index contributed by atoms with van der Waals surface area (Å²) in [6, 6.07) is 0. The molecule has 0 atom stereocenters. The lowest BCUT2D eigenvalue weighted by atomic mass is 9.66. The van der Waals surface area contributed by atoms with E-state index in [1.807, 2.05) is 0 Å². The fraction of sp³-hybridized carbons (Fsp3) is 0.636. The van der Waals surface area contributed by atoms with Gasteiger partial charge in [-0.2, -0.15) is 0 Å². The maximum atomic E-state index is 11.8. The van der Waals surface area contributed by atoms with Crippen LogP contribution in [0.1, 0.15) is 32.1 Å². The Morgan fingerprint density at radius 3 is 2.53 bits per heavy atom. The third kappa shape index (κ3) is 2.81. The number of carbonyl (C=O) groups is 2. The summed E-state index contributed by atoms with van der Waals surface area (Å²) in [5.41, 5.74) is -0.291. The first-order chi connectivity index (χ1) is 7.10. The van der Waals surface area contributed by atoms with Crippen molar-refractivity contribution in [1.29, 1.82) is 0 Å². The van der Waals surface area contributed by atoms with E-state index in [1.54, 1.807) is 6.08 Å². The van der Waals surface area contributed by atoms with E-state index in [9.17, 15) is 9.59 Å². The summed E-state index contributed by atoms with van der Waals surface area (Å²) in [5, 5.41) is 11.1. The van der Waals surface area contributed by atoms with E-state index in [0.29, 0.717) is 6.42 Å². The summed E-state index contributed by atoms with van der Waals surface area (Å²) in [4.78, 5) is 22.0. The highest BCUT2D eigenvalue weighted by atomic mass is 16.4. The summed E-state index contributed by atoms with van der Waals surface area (Å²) >= 11 is 0. The first-order valence-electron chi connectivity index (χ1n) is 5.22. The number of rotatable bonds is 6. The number of carboxylic acids is 1. The average molecular weight is 211 g/mol. The van der Waals surface area contributed by atoms with Crippen LogP contribution in [0.15, 0.2) is 12.7 Å². The predicted molar refractivity (Wildman–Crippen MR) is 56.4 cm³/mol. The molecule has 2 N–H and O–H groups in total. The van der Waals surface area contributed by atoms with Crippen molar-refractivity contribution in [2.24, 2.45) is 5.41 Å². The molecule has 1 fully saturated rings. The molecule has 1 aliphatic rings. The Balaban J connectivity index is 2.37. The fourth-order valence-corrected chi connectivity index (χ4v) is 1.87. The maximum absolute atomic E-state index is 11.8. The molecule has 4 nitrogen and oxygen atoms in total. The molecule has 15 heavy (non-hydrogen) atoms. The molecule has 0 radical (unpaired) electrons. The van der Waals surface area contributed by atoms with Crippen LogP contribution in [0, 0.1) is 5.41 Å². The number of hydrogen-bond acceptors (Lipinski definition) is 2. The molecular weight excluding hydrogens is 194 g/mol. The predicted octanol–water partition coefficient (Wildman–Crippen LogP) is 1.32. The van der Waals surface area contributed by atoms with Crippen LogP contribution < -0.4 is 5.32 Å². The molecular formula is C11H17NO3. The van der Waals surface area contributed by atoms with Crippen LogP contribution in [0.3, 0.4) is 0 Å². The highest BCUT2D eigenvalue weighted by molar-refractivity contribution is 5.84. The van der Waals surface area contributed by atoms with Crippen molar-refractivity contribution in [3.8, 4) is 0 Å². The van der Waals surface area contributed by atoms with Gasteiger partial charge in [0.2, 0.25) is 5.91 Å². The molecule has 4 heteroatoms. The smallest absolute Gasteiger partial charge is 0.305 e.